The number of para-hydroxylation sites is 1. The van der Waals surface area contributed by atoms with E-state index in [1.54, 1.807) is 0 Å². The third kappa shape index (κ3) is 2.95. The van der Waals surface area contributed by atoms with Crippen LogP contribution in [0, 0.1) is 10.1 Å². The fourth-order valence-electron chi connectivity index (χ4n) is 1.22. The number of amides is 1. The molecular formula is C10H9ClN2O5. The number of carboxylic acids is 1. The molecule has 8 heteroatoms. The first-order chi connectivity index (χ1) is 8.34. The van der Waals surface area contributed by atoms with Gasteiger partial charge < -0.3 is 10.4 Å². The molecule has 0 heterocycles. The average molecular weight is 273 g/mol. The van der Waals surface area contributed by atoms with Gasteiger partial charge in [-0.1, -0.05) is 17.7 Å². The quantitative estimate of drug-likeness (QED) is 0.637. The van der Waals surface area contributed by atoms with Gasteiger partial charge in [-0.2, -0.15) is 0 Å². The van der Waals surface area contributed by atoms with Crippen molar-refractivity contribution in [3.8, 4) is 0 Å². The van der Waals surface area contributed by atoms with Crippen molar-refractivity contribution >= 4 is 29.2 Å². The summed E-state index contributed by atoms with van der Waals surface area (Å²) >= 11 is 5.63. The van der Waals surface area contributed by atoms with E-state index in [0.717, 1.165) is 0 Å². The maximum Gasteiger partial charge on any atom is 0.325 e. The van der Waals surface area contributed by atoms with E-state index < -0.39 is 28.5 Å². The molecule has 0 aliphatic heterocycles. The van der Waals surface area contributed by atoms with E-state index in [4.69, 9.17) is 16.7 Å². The molecule has 96 valence electrons. The highest BCUT2D eigenvalue weighted by molar-refractivity contribution is 6.33. The molecule has 1 aromatic rings. The molecule has 1 aromatic carbocycles. The van der Waals surface area contributed by atoms with Gasteiger partial charge >= 0.3 is 11.7 Å². The Balaban J connectivity index is 3.10. The summed E-state index contributed by atoms with van der Waals surface area (Å²) in [5.41, 5.74) is -0.824. The van der Waals surface area contributed by atoms with Crippen LogP contribution in [-0.4, -0.2) is 27.9 Å². The van der Waals surface area contributed by atoms with E-state index >= 15 is 0 Å². The number of carbonyl (C=O) groups is 2. The van der Waals surface area contributed by atoms with E-state index in [-0.39, 0.29) is 10.6 Å². The number of hydrogen-bond acceptors (Lipinski definition) is 4. The Hall–Kier alpha value is -2.15. The Morgan fingerprint density at radius 3 is 2.61 bits per heavy atom. The van der Waals surface area contributed by atoms with Crippen LogP contribution in [0.25, 0.3) is 0 Å². The third-order valence-electron chi connectivity index (χ3n) is 2.13. The van der Waals surface area contributed by atoms with Gasteiger partial charge in [0.05, 0.1) is 4.92 Å². The molecule has 0 unspecified atom stereocenters. The molecule has 0 saturated heterocycles. The zero-order chi connectivity index (χ0) is 13.9. The zero-order valence-corrected chi connectivity index (χ0v) is 9.97. The van der Waals surface area contributed by atoms with Crippen molar-refractivity contribution < 1.29 is 19.6 Å². The Kier molecular flexibility index (Phi) is 4.22. The molecular weight excluding hydrogens is 264 g/mol. The number of nitrogens with zero attached hydrogens (tertiary/aromatic N) is 1. The molecule has 7 nitrogen and oxygen atoms in total. The number of carbonyl (C=O) groups excluding carboxylic acids is 1. The predicted octanol–water partition coefficient (Wildman–Crippen LogP) is 1.45. The summed E-state index contributed by atoms with van der Waals surface area (Å²) in [6, 6.07) is 2.69. The van der Waals surface area contributed by atoms with Crippen molar-refractivity contribution in [3.05, 3.63) is 38.9 Å². The molecule has 0 aromatic heterocycles. The molecule has 1 amide bonds. The first-order valence-electron chi connectivity index (χ1n) is 4.81. The first-order valence-corrected chi connectivity index (χ1v) is 5.19. The summed E-state index contributed by atoms with van der Waals surface area (Å²) in [7, 11) is 0. The van der Waals surface area contributed by atoms with Gasteiger partial charge in [-0.25, -0.2) is 0 Å². The van der Waals surface area contributed by atoms with Crippen molar-refractivity contribution in [2.75, 3.05) is 0 Å². The van der Waals surface area contributed by atoms with Crippen molar-refractivity contribution in [1.29, 1.82) is 0 Å². The van der Waals surface area contributed by atoms with Crippen LogP contribution < -0.4 is 5.32 Å². The van der Waals surface area contributed by atoms with E-state index in [1.807, 2.05) is 0 Å². The number of nitro benzene ring substituents is 1. The van der Waals surface area contributed by atoms with Crippen molar-refractivity contribution in [1.82, 2.24) is 5.32 Å². The number of halogens is 1. The second kappa shape index (κ2) is 5.46. The van der Waals surface area contributed by atoms with Crippen molar-refractivity contribution in [2.45, 2.75) is 13.0 Å². The lowest BCUT2D eigenvalue weighted by Crippen LogP contribution is -2.38. The van der Waals surface area contributed by atoms with Gasteiger partial charge in [0, 0.05) is 0 Å². The Labute approximate surface area is 107 Å². The number of nitro groups is 1. The lowest BCUT2D eigenvalue weighted by atomic mass is 10.1. The molecule has 0 radical (unpaired) electrons. The minimum Gasteiger partial charge on any atom is -0.480 e. The second-order valence-corrected chi connectivity index (χ2v) is 3.83. The molecule has 0 aliphatic rings. The summed E-state index contributed by atoms with van der Waals surface area (Å²) in [6.45, 7) is 1.25. The fraction of sp³-hybridized carbons (Fsp3) is 0.200. The molecule has 0 bridgehead atoms. The number of carboxylic acid groups (broad SMARTS) is 1. The van der Waals surface area contributed by atoms with Gasteiger partial charge in [0.2, 0.25) is 0 Å². The van der Waals surface area contributed by atoms with Crippen LogP contribution in [0.2, 0.25) is 5.02 Å². The first kappa shape index (κ1) is 13.9. The highest BCUT2D eigenvalue weighted by Crippen LogP contribution is 2.28. The SMILES string of the molecule is C[C@@H](NC(=O)c1cccc(Cl)c1[N+](=O)[O-])C(=O)O. The van der Waals surface area contributed by atoms with Gasteiger partial charge in [-0.3, -0.25) is 19.7 Å². The van der Waals surface area contributed by atoms with Crippen LogP contribution in [0.5, 0.6) is 0 Å². The van der Waals surface area contributed by atoms with Gasteiger partial charge in [-0.05, 0) is 19.1 Å². The second-order valence-electron chi connectivity index (χ2n) is 3.43. The number of aliphatic carboxylic acids is 1. The van der Waals surface area contributed by atoms with E-state index in [0.29, 0.717) is 0 Å². The standard InChI is InChI=1S/C10H9ClN2O5/c1-5(10(15)16)12-9(14)6-3-2-4-7(11)8(6)13(17)18/h2-5H,1H3,(H,12,14)(H,15,16)/t5-/m1/s1. The van der Waals surface area contributed by atoms with Gasteiger partial charge in [-0.15, -0.1) is 0 Å². The summed E-state index contributed by atoms with van der Waals surface area (Å²) in [5.74, 6) is -2.10. The highest BCUT2D eigenvalue weighted by Gasteiger charge is 2.25. The maximum absolute atomic E-state index is 11.7. The largest absolute Gasteiger partial charge is 0.480 e. The number of nitrogens with one attached hydrogen (secondary N) is 1. The minimum absolute atomic E-state index is 0.185. The summed E-state index contributed by atoms with van der Waals surface area (Å²) in [6.07, 6.45) is 0. The van der Waals surface area contributed by atoms with Gasteiger partial charge in [0.15, 0.2) is 0 Å². The van der Waals surface area contributed by atoms with Crippen LogP contribution in [0.15, 0.2) is 18.2 Å². The molecule has 1 atom stereocenters. The van der Waals surface area contributed by atoms with Gasteiger partial charge in [0.25, 0.3) is 5.91 Å². The van der Waals surface area contributed by atoms with E-state index in [9.17, 15) is 19.7 Å². The van der Waals surface area contributed by atoms with Crippen LogP contribution >= 0.6 is 11.6 Å². The molecule has 18 heavy (non-hydrogen) atoms. The average Bonchev–Trinajstić information content (AvgIpc) is 2.27. The Bertz CT molecular complexity index is 517. The molecule has 0 aliphatic carbocycles. The normalized spacial score (nSPS) is 11.7. The third-order valence-corrected chi connectivity index (χ3v) is 2.44. The van der Waals surface area contributed by atoms with Crippen LogP contribution in [0.1, 0.15) is 17.3 Å². The van der Waals surface area contributed by atoms with Crippen molar-refractivity contribution in [3.63, 3.8) is 0 Å². The molecule has 2 N–H and O–H groups in total. The molecule has 0 spiro atoms. The number of benzene rings is 1. The lowest BCUT2D eigenvalue weighted by molar-refractivity contribution is -0.385. The maximum atomic E-state index is 11.7. The Morgan fingerprint density at radius 1 is 1.50 bits per heavy atom. The summed E-state index contributed by atoms with van der Waals surface area (Å²) in [5, 5.41) is 21.4. The minimum atomic E-state index is -1.24. The summed E-state index contributed by atoms with van der Waals surface area (Å²) < 4.78 is 0. The van der Waals surface area contributed by atoms with Crippen LogP contribution in [0.3, 0.4) is 0 Å². The van der Waals surface area contributed by atoms with E-state index in [1.165, 1.54) is 25.1 Å². The van der Waals surface area contributed by atoms with Gasteiger partial charge in [0.1, 0.15) is 16.6 Å². The number of rotatable bonds is 4. The zero-order valence-electron chi connectivity index (χ0n) is 9.21. The van der Waals surface area contributed by atoms with E-state index in [2.05, 4.69) is 5.32 Å². The number of hydrogen-bond donors (Lipinski definition) is 2. The molecule has 0 fully saturated rings. The lowest BCUT2D eigenvalue weighted by Gasteiger charge is -2.09. The fourth-order valence-corrected chi connectivity index (χ4v) is 1.46. The Morgan fingerprint density at radius 2 is 2.11 bits per heavy atom. The smallest absolute Gasteiger partial charge is 0.325 e. The van der Waals surface area contributed by atoms with Crippen molar-refractivity contribution in [2.24, 2.45) is 0 Å². The van der Waals surface area contributed by atoms with Crippen LogP contribution in [-0.2, 0) is 4.79 Å². The molecule has 1 rings (SSSR count). The summed E-state index contributed by atoms with van der Waals surface area (Å²) in [4.78, 5) is 32.3. The van der Waals surface area contributed by atoms with Crippen LogP contribution in [0.4, 0.5) is 5.69 Å². The molecule has 0 saturated carbocycles. The topological polar surface area (TPSA) is 110 Å². The predicted molar refractivity (Wildman–Crippen MR) is 62.7 cm³/mol. The highest BCUT2D eigenvalue weighted by atomic mass is 35.5. The monoisotopic (exact) mass is 272 g/mol.